The predicted molar refractivity (Wildman–Crippen MR) is 103 cm³/mol. The molecule has 1 aliphatic heterocycles. The van der Waals surface area contributed by atoms with E-state index in [1.165, 1.54) is 4.57 Å². The van der Waals surface area contributed by atoms with Crippen LogP contribution in [0.15, 0.2) is 24.4 Å². The van der Waals surface area contributed by atoms with E-state index in [0.29, 0.717) is 19.6 Å². The number of ether oxygens (including phenoxy) is 4. The largest absolute Gasteiger partial charge is 0.497 e. The standard InChI is InChI=1S/C20H26N2O6/c1-21(2)8-6-14-11-22(18-5-4-16(25-3)10-17(14)18)20(24)28-13-27-19(23)15-7-9-26-12-15/h4-5,10-11,15H,6-9,12-13H2,1-3H3. The van der Waals surface area contributed by atoms with Gasteiger partial charge in [0.2, 0.25) is 6.79 Å². The first-order valence-electron chi connectivity index (χ1n) is 9.24. The lowest BCUT2D eigenvalue weighted by Crippen LogP contribution is -2.22. The Morgan fingerprint density at radius 3 is 2.79 bits per heavy atom. The molecule has 1 aromatic heterocycles. The molecule has 1 unspecified atom stereocenters. The Bertz CT molecular complexity index is 839. The third-order valence-electron chi connectivity index (χ3n) is 4.77. The summed E-state index contributed by atoms with van der Waals surface area (Å²) >= 11 is 0. The van der Waals surface area contributed by atoms with Crippen LogP contribution in [0.3, 0.4) is 0 Å². The fourth-order valence-corrected chi connectivity index (χ4v) is 3.14. The average Bonchev–Trinajstić information content (AvgIpc) is 3.34. The normalized spacial score (nSPS) is 16.5. The molecule has 0 amide bonds. The van der Waals surface area contributed by atoms with Crippen LogP contribution in [0.25, 0.3) is 10.9 Å². The average molecular weight is 390 g/mol. The van der Waals surface area contributed by atoms with Crippen molar-refractivity contribution in [2.24, 2.45) is 5.92 Å². The van der Waals surface area contributed by atoms with Gasteiger partial charge in [-0.15, -0.1) is 0 Å². The highest BCUT2D eigenvalue weighted by Gasteiger charge is 2.25. The topological polar surface area (TPSA) is 79.2 Å². The van der Waals surface area contributed by atoms with Gasteiger partial charge in [-0.25, -0.2) is 4.79 Å². The van der Waals surface area contributed by atoms with Crippen molar-refractivity contribution in [2.45, 2.75) is 12.8 Å². The molecule has 152 valence electrons. The van der Waals surface area contributed by atoms with Crippen molar-refractivity contribution in [1.82, 2.24) is 9.47 Å². The molecule has 0 radical (unpaired) electrons. The summed E-state index contributed by atoms with van der Waals surface area (Å²) in [4.78, 5) is 26.5. The number of benzene rings is 1. The maximum Gasteiger partial charge on any atom is 0.421 e. The lowest BCUT2D eigenvalue weighted by Gasteiger charge is -2.10. The number of methoxy groups -OCH3 is 1. The molecular formula is C20H26N2O6. The lowest BCUT2D eigenvalue weighted by molar-refractivity contribution is -0.156. The summed E-state index contributed by atoms with van der Waals surface area (Å²) in [6, 6.07) is 5.52. The number of hydrogen-bond acceptors (Lipinski definition) is 7. The van der Waals surface area contributed by atoms with E-state index in [1.54, 1.807) is 19.4 Å². The van der Waals surface area contributed by atoms with E-state index in [0.717, 1.165) is 35.2 Å². The molecule has 28 heavy (non-hydrogen) atoms. The van der Waals surface area contributed by atoms with E-state index in [1.807, 2.05) is 26.2 Å². The first kappa shape index (κ1) is 20.2. The van der Waals surface area contributed by atoms with Gasteiger partial charge in [0, 0.05) is 24.7 Å². The van der Waals surface area contributed by atoms with E-state index < -0.39 is 18.9 Å². The van der Waals surface area contributed by atoms with Crippen molar-refractivity contribution in [3.8, 4) is 5.75 Å². The molecule has 2 aromatic rings. The van der Waals surface area contributed by atoms with Crippen molar-refractivity contribution >= 4 is 23.0 Å². The van der Waals surface area contributed by atoms with Crippen LogP contribution in [0.2, 0.25) is 0 Å². The van der Waals surface area contributed by atoms with Crippen molar-refractivity contribution < 1.29 is 28.5 Å². The van der Waals surface area contributed by atoms with E-state index >= 15 is 0 Å². The van der Waals surface area contributed by atoms with E-state index in [-0.39, 0.29) is 5.92 Å². The Hall–Kier alpha value is -2.58. The van der Waals surface area contributed by atoms with Crippen LogP contribution < -0.4 is 4.74 Å². The maximum atomic E-state index is 12.6. The first-order chi connectivity index (χ1) is 13.5. The van der Waals surface area contributed by atoms with Gasteiger partial charge in [0.15, 0.2) is 0 Å². The van der Waals surface area contributed by atoms with Gasteiger partial charge >= 0.3 is 12.1 Å². The Balaban J connectivity index is 1.71. The minimum absolute atomic E-state index is 0.281. The number of carbonyl (C=O) groups excluding carboxylic acids is 2. The van der Waals surface area contributed by atoms with E-state index in [2.05, 4.69) is 4.90 Å². The fraction of sp³-hybridized carbons (Fsp3) is 0.500. The van der Waals surface area contributed by atoms with Crippen LogP contribution >= 0.6 is 0 Å². The number of nitrogens with zero attached hydrogens (tertiary/aromatic N) is 2. The molecule has 0 bridgehead atoms. The van der Waals surface area contributed by atoms with Crippen molar-refractivity contribution in [1.29, 1.82) is 0 Å². The van der Waals surface area contributed by atoms with Crippen LogP contribution in [0.4, 0.5) is 4.79 Å². The van der Waals surface area contributed by atoms with E-state index in [4.69, 9.17) is 18.9 Å². The summed E-state index contributed by atoms with van der Waals surface area (Å²) in [5.74, 6) is 0.0349. The smallest absolute Gasteiger partial charge is 0.421 e. The number of likely N-dealkylation sites (N-methyl/N-ethyl adjacent to an activating group) is 1. The van der Waals surface area contributed by atoms with Crippen LogP contribution in [0, 0.1) is 5.92 Å². The number of carbonyl (C=O) groups is 2. The third-order valence-corrected chi connectivity index (χ3v) is 4.77. The molecule has 1 fully saturated rings. The summed E-state index contributed by atoms with van der Waals surface area (Å²) < 4.78 is 22.1. The van der Waals surface area contributed by atoms with Crippen LogP contribution in [0.5, 0.6) is 5.75 Å². The zero-order valence-corrected chi connectivity index (χ0v) is 16.5. The zero-order valence-electron chi connectivity index (χ0n) is 16.5. The van der Waals surface area contributed by atoms with Crippen molar-refractivity contribution in [2.75, 3.05) is 47.8 Å². The number of rotatable bonds is 7. The SMILES string of the molecule is COc1ccc2c(c1)c(CCN(C)C)cn2C(=O)OCOC(=O)C1CCOC1. The quantitative estimate of drug-likeness (QED) is 0.530. The molecule has 3 rings (SSSR count). The second kappa shape index (κ2) is 9.07. The molecule has 1 saturated heterocycles. The molecule has 0 N–H and O–H groups in total. The fourth-order valence-electron chi connectivity index (χ4n) is 3.14. The Labute approximate surface area is 163 Å². The maximum absolute atomic E-state index is 12.6. The minimum atomic E-state index is -0.596. The Morgan fingerprint density at radius 2 is 2.11 bits per heavy atom. The molecule has 0 spiro atoms. The van der Waals surface area contributed by atoms with Crippen molar-refractivity contribution in [3.05, 3.63) is 30.0 Å². The van der Waals surface area contributed by atoms with Crippen molar-refractivity contribution in [3.63, 3.8) is 0 Å². The highest BCUT2D eigenvalue weighted by Crippen LogP contribution is 2.27. The summed E-state index contributed by atoms with van der Waals surface area (Å²) in [6.45, 7) is 1.32. The van der Waals surface area contributed by atoms with Gasteiger partial charge in [-0.3, -0.25) is 9.36 Å². The highest BCUT2D eigenvalue weighted by molar-refractivity contribution is 5.92. The minimum Gasteiger partial charge on any atom is -0.497 e. The van der Waals surface area contributed by atoms with Gasteiger partial charge in [-0.1, -0.05) is 0 Å². The van der Waals surface area contributed by atoms with Crippen LogP contribution in [0.1, 0.15) is 12.0 Å². The van der Waals surface area contributed by atoms with Crippen LogP contribution in [-0.2, 0) is 25.4 Å². The second-order valence-electron chi connectivity index (χ2n) is 7.01. The predicted octanol–water partition coefficient (Wildman–Crippen LogP) is 2.28. The molecule has 1 atom stereocenters. The first-order valence-corrected chi connectivity index (χ1v) is 9.24. The molecular weight excluding hydrogens is 364 g/mol. The molecule has 1 aliphatic rings. The Kier molecular flexibility index (Phi) is 6.53. The number of fused-ring (bicyclic) bond motifs is 1. The monoisotopic (exact) mass is 390 g/mol. The molecule has 8 heteroatoms. The lowest BCUT2D eigenvalue weighted by atomic mass is 10.1. The van der Waals surface area contributed by atoms with E-state index in [9.17, 15) is 9.59 Å². The highest BCUT2D eigenvalue weighted by atomic mass is 16.7. The molecule has 0 saturated carbocycles. The van der Waals surface area contributed by atoms with Gasteiger partial charge in [0.1, 0.15) is 5.75 Å². The second-order valence-corrected chi connectivity index (χ2v) is 7.01. The van der Waals surface area contributed by atoms with Crippen LogP contribution in [-0.4, -0.2) is 69.3 Å². The van der Waals surface area contributed by atoms with Gasteiger partial charge in [-0.05, 0) is 50.7 Å². The van der Waals surface area contributed by atoms with Gasteiger partial charge in [0.25, 0.3) is 0 Å². The molecule has 8 nitrogen and oxygen atoms in total. The summed E-state index contributed by atoms with van der Waals surface area (Å²) in [7, 11) is 5.60. The summed E-state index contributed by atoms with van der Waals surface area (Å²) in [6.07, 6.45) is 2.57. The van der Waals surface area contributed by atoms with Gasteiger partial charge in [0.05, 0.1) is 25.2 Å². The number of esters is 1. The summed E-state index contributed by atoms with van der Waals surface area (Å²) in [5.41, 5.74) is 1.73. The molecule has 0 aliphatic carbocycles. The van der Waals surface area contributed by atoms with Gasteiger partial charge in [-0.2, -0.15) is 0 Å². The molecule has 1 aromatic carbocycles. The summed E-state index contributed by atoms with van der Waals surface area (Å²) in [5, 5.41) is 0.929. The number of hydrogen-bond donors (Lipinski definition) is 0. The number of aromatic nitrogens is 1. The van der Waals surface area contributed by atoms with Gasteiger partial charge < -0.3 is 23.8 Å². The zero-order chi connectivity index (χ0) is 20.1. The Morgan fingerprint density at radius 1 is 1.29 bits per heavy atom. The third kappa shape index (κ3) is 4.63. The molecule has 2 heterocycles.